The fourth-order valence-electron chi connectivity index (χ4n) is 5.72. The van der Waals surface area contributed by atoms with E-state index in [2.05, 4.69) is 15.9 Å². The molecule has 0 aliphatic carbocycles. The second-order valence-corrected chi connectivity index (χ2v) is 23.4. The van der Waals surface area contributed by atoms with Crippen LogP contribution in [0, 0.1) is 13.8 Å². The van der Waals surface area contributed by atoms with Gasteiger partial charge >= 0.3 is 21.1 Å². The van der Waals surface area contributed by atoms with Crippen LogP contribution in [-0.2, 0) is 60.4 Å². The molecule has 0 aromatic heterocycles. The minimum atomic E-state index is -2.97. The Bertz CT molecular complexity index is 1760. The Labute approximate surface area is 335 Å². The maximum Gasteiger partial charge on any atom is 0.494 e. The Morgan fingerprint density at radius 1 is 0.500 bits per heavy atom. The molecule has 0 radical (unpaired) electrons. The molecule has 302 valence electrons. The summed E-state index contributed by atoms with van der Waals surface area (Å²) in [5.41, 5.74) is 3.02. The number of aryl methyl sites for hydroxylation is 4. The Morgan fingerprint density at radius 3 is 1.15 bits per heavy atom. The second-order valence-electron chi connectivity index (χ2n) is 18.0. The Morgan fingerprint density at radius 2 is 0.815 bits per heavy atom. The van der Waals surface area contributed by atoms with Gasteiger partial charge in [0.2, 0.25) is 0 Å². The number of hydrogen-bond acceptors (Lipinski definition) is 10. The van der Waals surface area contributed by atoms with Crippen LogP contribution in [0.2, 0.25) is 0 Å². The van der Waals surface area contributed by atoms with E-state index in [1.165, 1.54) is 12.5 Å². The first kappa shape index (κ1) is 47.2. The third-order valence-corrected chi connectivity index (χ3v) is 13.4. The van der Waals surface area contributed by atoms with Gasteiger partial charge in [-0.25, -0.2) is 16.8 Å². The molecule has 0 atom stereocenters. The van der Waals surface area contributed by atoms with Crippen LogP contribution < -0.4 is 5.46 Å². The summed E-state index contributed by atoms with van der Waals surface area (Å²) in [6.45, 7) is 28.3. The van der Waals surface area contributed by atoms with Gasteiger partial charge in [0.05, 0.1) is 45.1 Å². The Hall–Kier alpha value is -1.23. The molecule has 2 aromatic carbocycles. The van der Waals surface area contributed by atoms with Crippen molar-refractivity contribution in [1.82, 2.24) is 0 Å². The molecule has 3 aliphatic rings. The highest BCUT2D eigenvalue weighted by Gasteiger charge is 2.63. The smallest absolute Gasteiger partial charge is 0.405 e. The summed E-state index contributed by atoms with van der Waals surface area (Å²) in [6.07, 6.45) is 3.61. The number of halogens is 1. The van der Waals surface area contributed by atoms with Crippen molar-refractivity contribution in [1.29, 1.82) is 0 Å². The van der Waals surface area contributed by atoms with Gasteiger partial charge in [-0.2, -0.15) is 0 Å². The van der Waals surface area contributed by atoms with Crippen molar-refractivity contribution in [3.05, 3.63) is 63.1 Å². The van der Waals surface area contributed by atoms with E-state index in [0.29, 0.717) is 12.8 Å². The minimum absolute atomic E-state index is 0.152. The zero-order valence-electron chi connectivity index (χ0n) is 35.3. The maximum absolute atomic E-state index is 11.4. The van der Waals surface area contributed by atoms with E-state index >= 15 is 0 Å². The molecule has 16 heteroatoms. The highest BCUT2D eigenvalue weighted by Crippen LogP contribution is 2.43. The molecule has 3 fully saturated rings. The van der Waals surface area contributed by atoms with Crippen molar-refractivity contribution in [2.24, 2.45) is 0 Å². The zero-order valence-corrected chi connectivity index (χ0v) is 38.5. The van der Waals surface area contributed by atoms with Crippen LogP contribution in [0.5, 0.6) is 0 Å². The Balaban J connectivity index is 0.000000224. The van der Waals surface area contributed by atoms with Crippen LogP contribution >= 0.6 is 15.9 Å². The molecule has 5 rings (SSSR count). The molecule has 0 amide bonds. The molecule has 0 unspecified atom stereocenters. The molecule has 3 saturated heterocycles. The fourth-order valence-corrected chi connectivity index (χ4v) is 7.58. The van der Waals surface area contributed by atoms with Gasteiger partial charge in [0.25, 0.3) is 0 Å². The van der Waals surface area contributed by atoms with Crippen LogP contribution in [0.15, 0.2) is 40.9 Å². The SMILES string of the molecule is CC1(C)OB(B2OC(C)(C)C(C)(C)O2)OC1(C)C.Cc1cc(Br)cc(CCS(C)(=O)=O)c1.Cc1cc(CCS(C)(=O)=O)cc(B2OC(C)(C)C(C)(C)O2)c1. The maximum atomic E-state index is 11.4. The van der Waals surface area contributed by atoms with Crippen LogP contribution in [0.25, 0.3) is 0 Å². The van der Waals surface area contributed by atoms with Crippen LogP contribution in [-0.4, -0.2) is 95.6 Å². The van der Waals surface area contributed by atoms with Crippen molar-refractivity contribution in [3.63, 3.8) is 0 Å². The van der Waals surface area contributed by atoms with E-state index in [-0.39, 0.29) is 45.1 Å². The summed E-state index contributed by atoms with van der Waals surface area (Å²) in [6, 6.07) is 12.0. The predicted molar refractivity (Wildman–Crippen MR) is 225 cm³/mol. The number of sulfone groups is 2. The predicted octanol–water partition coefficient (Wildman–Crippen LogP) is 6.48. The lowest BCUT2D eigenvalue weighted by atomic mass is 9.49. The van der Waals surface area contributed by atoms with Crippen molar-refractivity contribution < 1.29 is 44.8 Å². The van der Waals surface area contributed by atoms with Gasteiger partial charge in [-0.05, 0) is 144 Å². The van der Waals surface area contributed by atoms with E-state index in [1.54, 1.807) is 0 Å². The summed E-state index contributed by atoms with van der Waals surface area (Å²) in [5.74, 6) is 0.363. The van der Waals surface area contributed by atoms with E-state index < -0.39 is 40.8 Å². The van der Waals surface area contributed by atoms with Crippen molar-refractivity contribution in [3.8, 4) is 0 Å². The largest absolute Gasteiger partial charge is 0.494 e. The molecule has 54 heavy (non-hydrogen) atoms. The first-order valence-electron chi connectivity index (χ1n) is 18.4. The van der Waals surface area contributed by atoms with Gasteiger partial charge in [0.1, 0.15) is 19.7 Å². The number of rotatable bonds is 8. The van der Waals surface area contributed by atoms with E-state index in [9.17, 15) is 16.8 Å². The molecule has 3 heterocycles. The molecule has 0 saturated carbocycles. The quantitative estimate of drug-likeness (QED) is 0.273. The molecule has 3 aliphatic heterocycles. The molecule has 0 N–H and O–H groups in total. The van der Waals surface area contributed by atoms with Crippen LogP contribution in [0.4, 0.5) is 0 Å². The standard InChI is InChI=1S/C16H25BO4S.C12H24B2O4.C10H13BrO2S/c1-12-9-13(7-8-22(6,18)19)11-14(10-12)17-20-15(2,3)16(4,5)21-17;1-9(2)10(3,4)16-13(15-9)14-17-11(5,6)12(7,8)18-14;1-8-5-9(7-10(11)6-8)3-4-14(2,12)13/h9-11H,7-8H2,1-6H3;1-8H3;5-7H,3-4H2,1-2H3. The highest BCUT2D eigenvalue weighted by atomic mass is 79.9. The fraction of sp³-hybridized carbons (Fsp3) is 0.684. The lowest BCUT2D eigenvalue weighted by Crippen LogP contribution is -2.41. The van der Waals surface area contributed by atoms with E-state index in [1.807, 2.05) is 133 Å². The molecular weight excluding hydrogens is 793 g/mol. The third-order valence-electron chi connectivity index (χ3n) is 11.1. The molecule has 0 bridgehead atoms. The monoisotopic (exact) mass is 854 g/mol. The van der Waals surface area contributed by atoms with Crippen molar-refractivity contribution >= 4 is 62.2 Å². The average molecular weight is 855 g/mol. The lowest BCUT2D eigenvalue weighted by molar-refractivity contribution is 0.00578. The summed E-state index contributed by atoms with van der Waals surface area (Å²) >= 11 is 3.38. The van der Waals surface area contributed by atoms with Gasteiger partial charge in [0.15, 0.2) is 0 Å². The molecule has 10 nitrogen and oxygen atoms in total. The number of hydrogen-bond donors (Lipinski definition) is 0. The third kappa shape index (κ3) is 12.6. The van der Waals surface area contributed by atoms with Crippen molar-refractivity contribution in [2.45, 2.75) is 143 Å². The summed E-state index contributed by atoms with van der Waals surface area (Å²) in [4.78, 5) is 0. The molecule has 2 aromatic rings. The average Bonchev–Trinajstić information content (AvgIpc) is 3.43. The van der Waals surface area contributed by atoms with Gasteiger partial charge in [0, 0.05) is 17.0 Å². The summed E-state index contributed by atoms with van der Waals surface area (Å²) in [5, 5.41) is 0. The topological polar surface area (TPSA) is 124 Å². The normalized spacial score (nSPS) is 22.0. The number of benzene rings is 2. The summed E-state index contributed by atoms with van der Waals surface area (Å²) < 4.78 is 81.6. The van der Waals surface area contributed by atoms with Crippen LogP contribution in [0.1, 0.15) is 105 Å². The first-order valence-corrected chi connectivity index (χ1v) is 23.3. The van der Waals surface area contributed by atoms with Gasteiger partial charge in [-0.15, -0.1) is 0 Å². The molecule has 0 spiro atoms. The highest BCUT2D eigenvalue weighted by molar-refractivity contribution is 9.10. The molecular formula is C38H62B3BrO10S2. The van der Waals surface area contributed by atoms with E-state index in [0.717, 1.165) is 32.2 Å². The summed E-state index contributed by atoms with van der Waals surface area (Å²) in [7, 11) is -7.20. The van der Waals surface area contributed by atoms with Gasteiger partial charge < -0.3 is 27.9 Å². The Kier molecular flexibility index (Phi) is 14.5. The second kappa shape index (κ2) is 16.6. The lowest BCUT2D eigenvalue weighted by Gasteiger charge is -2.32. The van der Waals surface area contributed by atoms with Gasteiger partial charge in [-0.1, -0.05) is 45.8 Å². The van der Waals surface area contributed by atoms with E-state index in [4.69, 9.17) is 27.9 Å². The zero-order chi connectivity index (χ0) is 41.5. The first-order chi connectivity index (χ1) is 24.1. The van der Waals surface area contributed by atoms with Crippen molar-refractivity contribution in [2.75, 3.05) is 24.0 Å². The van der Waals surface area contributed by atoms with Gasteiger partial charge in [-0.3, -0.25) is 0 Å². The van der Waals surface area contributed by atoms with Crippen LogP contribution in [0.3, 0.4) is 0 Å². The minimum Gasteiger partial charge on any atom is -0.405 e.